The van der Waals surface area contributed by atoms with E-state index in [0.29, 0.717) is 11.7 Å². The van der Waals surface area contributed by atoms with Crippen LogP contribution < -0.4 is 15.8 Å². The molecule has 2 aromatic rings. The summed E-state index contributed by atoms with van der Waals surface area (Å²) in [7, 11) is 0. The van der Waals surface area contributed by atoms with Crippen molar-refractivity contribution in [1.82, 2.24) is 15.3 Å². The Morgan fingerprint density at radius 2 is 2.04 bits per heavy atom. The van der Waals surface area contributed by atoms with E-state index >= 15 is 0 Å². The van der Waals surface area contributed by atoms with Gasteiger partial charge in [0.2, 0.25) is 11.9 Å². The summed E-state index contributed by atoms with van der Waals surface area (Å²) in [5.74, 6) is 2.03. The van der Waals surface area contributed by atoms with Gasteiger partial charge in [-0.25, -0.2) is 4.98 Å². The van der Waals surface area contributed by atoms with Crippen LogP contribution in [0.2, 0.25) is 0 Å². The molecule has 0 aliphatic carbocycles. The highest BCUT2D eigenvalue weighted by Crippen LogP contribution is 2.16. The summed E-state index contributed by atoms with van der Waals surface area (Å²) < 4.78 is 0. The molecule has 1 saturated heterocycles. The van der Waals surface area contributed by atoms with Gasteiger partial charge in [-0.05, 0) is 25.3 Å². The Balaban J connectivity index is 1.40. The quantitative estimate of drug-likeness (QED) is 0.812. The van der Waals surface area contributed by atoms with Crippen molar-refractivity contribution in [3.63, 3.8) is 0 Å². The van der Waals surface area contributed by atoms with E-state index in [9.17, 15) is 9.59 Å². The maximum absolute atomic E-state index is 12.1. The normalized spacial score (nSPS) is 15.0. The summed E-state index contributed by atoms with van der Waals surface area (Å²) in [4.78, 5) is 33.0. The van der Waals surface area contributed by atoms with Crippen molar-refractivity contribution < 1.29 is 4.79 Å². The lowest BCUT2D eigenvalue weighted by Crippen LogP contribution is -2.46. The molecule has 2 heterocycles. The second-order valence-electron chi connectivity index (χ2n) is 6.52. The summed E-state index contributed by atoms with van der Waals surface area (Å²) in [6.07, 6.45) is 1.71. The number of carbonyl (C=O) groups excluding carboxylic acids is 1. The molecule has 3 rings (SSSR count). The van der Waals surface area contributed by atoms with Crippen LogP contribution in [0.4, 0.5) is 5.95 Å². The lowest BCUT2D eigenvalue weighted by atomic mass is 10.1. The standard InChI is InChI=1S/C19H24N4O2S/c1-14-11-17(24)22-19(20-14)23-9-7-16(8-10-23)21-18(25)13-26-12-15-5-3-2-4-6-15/h2-6,11,16H,7-10,12-13H2,1H3,(H,21,25)(H,20,22,24). The van der Waals surface area contributed by atoms with Gasteiger partial charge in [-0.2, -0.15) is 0 Å². The molecule has 0 bridgehead atoms. The fourth-order valence-electron chi connectivity index (χ4n) is 3.05. The number of H-pyrrole nitrogens is 1. The predicted molar refractivity (Wildman–Crippen MR) is 106 cm³/mol. The molecule has 0 spiro atoms. The Kier molecular flexibility index (Phi) is 6.33. The molecule has 1 fully saturated rings. The number of rotatable bonds is 6. The summed E-state index contributed by atoms with van der Waals surface area (Å²) in [5, 5.41) is 3.12. The number of anilines is 1. The van der Waals surface area contributed by atoms with Gasteiger partial charge in [0.15, 0.2) is 0 Å². The summed E-state index contributed by atoms with van der Waals surface area (Å²) >= 11 is 1.63. The number of aromatic nitrogens is 2. The van der Waals surface area contributed by atoms with Gasteiger partial charge in [0.05, 0.1) is 5.75 Å². The fourth-order valence-corrected chi connectivity index (χ4v) is 3.85. The number of nitrogens with zero attached hydrogens (tertiary/aromatic N) is 2. The predicted octanol–water partition coefficient (Wildman–Crippen LogP) is 2.10. The highest BCUT2D eigenvalue weighted by atomic mass is 32.2. The van der Waals surface area contributed by atoms with E-state index in [1.807, 2.05) is 25.1 Å². The molecule has 6 nitrogen and oxygen atoms in total. The number of thioether (sulfide) groups is 1. The molecule has 1 aliphatic heterocycles. The van der Waals surface area contributed by atoms with E-state index in [2.05, 4.69) is 32.3 Å². The number of amides is 1. The first-order chi connectivity index (χ1) is 12.6. The topological polar surface area (TPSA) is 78.1 Å². The van der Waals surface area contributed by atoms with Crippen molar-refractivity contribution >= 4 is 23.6 Å². The highest BCUT2D eigenvalue weighted by Gasteiger charge is 2.22. The van der Waals surface area contributed by atoms with Crippen molar-refractivity contribution in [3.8, 4) is 0 Å². The van der Waals surface area contributed by atoms with Crippen molar-refractivity contribution in [1.29, 1.82) is 0 Å². The number of hydrogen-bond acceptors (Lipinski definition) is 5. The van der Waals surface area contributed by atoms with E-state index in [4.69, 9.17) is 0 Å². The first-order valence-corrected chi connectivity index (χ1v) is 9.99. The molecule has 0 saturated carbocycles. The van der Waals surface area contributed by atoms with Crippen molar-refractivity contribution in [2.24, 2.45) is 0 Å². The van der Waals surface area contributed by atoms with Crippen LogP contribution in [0.15, 0.2) is 41.2 Å². The Labute approximate surface area is 157 Å². The zero-order valence-corrected chi connectivity index (χ0v) is 15.7. The molecule has 26 heavy (non-hydrogen) atoms. The van der Waals surface area contributed by atoms with Crippen LogP contribution in [0.3, 0.4) is 0 Å². The molecule has 7 heteroatoms. The van der Waals surface area contributed by atoms with Crippen LogP contribution in [0, 0.1) is 6.92 Å². The maximum Gasteiger partial charge on any atom is 0.252 e. The molecule has 1 aliphatic rings. The average molecular weight is 372 g/mol. The van der Waals surface area contributed by atoms with Crippen molar-refractivity contribution in [3.05, 3.63) is 58.0 Å². The van der Waals surface area contributed by atoms with E-state index < -0.39 is 0 Å². The van der Waals surface area contributed by atoms with Crippen molar-refractivity contribution in [2.75, 3.05) is 23.7 Å². The first kappa shape index (κ1) is 18.5. The van der Waals surface area contributed by atoms with Gasteiger partial charge in [0.1, 0.15) is 0 Å². The third-order valence-electron chi connectivity index (χ3n) is 4.36. The number of nitrogens with one attached hydrogen (secondary N) is 2. The highest BCUT2D eigenvalue weighted by molar-refractivity contribution is 7.99. The van der Waals surface area contributed by atoms with Crippen molar-refractivity contribution in [2.45, 2.75) is 31.6 Å². The third-order valence-corrected chi connectivity index (χ3v) is 5.37. The smallest absolute Gasteiger partial charge is 0.252 e. The van der Waals surface area contributed by atoms with E-state index in [1.54, 1.807) is 11.8 Å². The van der Waals surface area contributed by atoms with Gasteiger partial charge in [0, 0.05) is 36.6 Å². The second kappa shape index (κ2) is 8.89. The van der Waals surface area contributed by atoms with Gasteiger partial charge in [-0.15, -0.1) is 11.8 Å². The molecule has 1 aromatic carbocycles. The minimum Gasteiger partial charge on any atom is -0.353 e. The SMILES string of the molecule is Cc1cc(=O)[nH]c(N2CCC(NC(=O)CSCc3ccccc3)CC2)n1. The molecule has 138 valence electrons. The van der Waals surface area contributed by atoms with Crippen LogP contribution in [-0.2, 0) is 10.5 Å². The van der Waals surface area contributed by atoms with Gasteiger partial charge >= 0.3 is 0 Å². The Morgan fingerprint density at radius 1 is 1.31 bits per heavy atom. The minimum absolute atomic E-state index is 0.0893. The average Bonchev–Trinajstić information content (AvgIpc) is 2.62. The second-order valence-corrected chi connectivity index (χ2v) is 7.50. The minimum atomic E-state index is -0.127. The largest absolute Gasteiger partial charge is 0.353 e. The lowest BCUT2D eigenvalue weighted by Gasteiger charge is -2.32. The van der Waals surface area contributed by atoms with Gasteiger partial charge in [-0.3, -0.25) is 14.6 Å². The van der Waals surface area contributed by atoms with Crippen LogP contribution in [-0.4, -0.2) is 40.8 Å². The zero-order valence-electron chi connectivity index (χ0n) is 14.9. The fraction of sp³-hybridized carbons (Fsp3) is 0.421. The number of hydrogen-bond donors (Lipinski definition) is 2. The molecular weight excluding hydrogens is 348 g/mol. The summed E-state index contributed by atoms with van der Waals surface area (Å²) in [5.41, 5.74) is 1.83. The molecule has 0 unspecified atom stereocenters. The Morgan fingerprint density at radius 3 is 2.73 bits per heavy atom. The molecular formula is C19H24N4O2S. The number of carbonyl (C=O) groups is 1. The van der Waals surface area contributed by atoms with E-state index in [0.717, 1.165) is 37.4 Å². The molecule has 2 N–H and O–H groups in total. The monoisotopic (exact) mass is 372 g/mol. The third kappa shape index (κ3) is 5.36. The molecule has 1 aromatic heterocycles. The van der Waals surface area contributed by atoms with E-state index in [-0.39, 0.29) is 17.5 Å². The van der Waals surface area contributed by atoms with Crippen LogP contribution in [0.25, 0.3) is 0 Å². The van der Waals surface area contributed by atoms with Gasteiger partial charge in [-0.1, -0.05) is 30.3 Å². The molecule has 1 amide bonds. The Hall–Kier alpha value is -2.28. The Bertz CT molecular complexity index is 786. The van der Waals surface area contributed by atoms with Gasteiger partial charge in [0.25, 0.3) is 5.56 Å². The van der Waals surface area contributed by atoms with E-state index in [1.165, 1.54) is 11.6 Å². The number of piperidine rings is 1. The number of aryl methyl sites for hydroxylation is 1. The summed E-state index contributed by atoms with van der Waals surface area (Å²) in [6, 6.07) is 11.8. The van der Waals surface area contributed by atoms with Crippen LogP contribution in [0.5, 0.6) is 0 Å². The summed E-state index contributed by atoms with van der Waals surface area (Å²) in [6.45, 7) is 3.36. The number of aromatic amines is 1. The zero-order chi connectivity index (χ0) is 18.4. The van der Waals surface area contributed by atoms with Gasteiger partial charge < -0.3 is 10.2 Å². The lowest BCUT2D eigenvalue weighted by molar-refractivity contribution is -0.119. The van der Waals surface area contributed by atoms with Crippen LogP contribution >= 0.6 is 11.8 Å². The number of benzene rings is 1. The molecule has 0 atom stereocenters. The van der Waals surface area contributed by atoms with Crippen LogP contribution in [0.1, 0.15) is 24.1 Å². The molecule has 0 radical (unpaired) electrons. The maximum atomic E-state index is 12.1. The first-order valence-electron chi connectivity index (χ1n) is 8.84.